The maximum Gasteiger partial charge on any atom is 0.000800 e. The topological polar surface area (TPSA) is 12.0 Å². The Morgan fingerprint density at radius 3 is 1.87 bits per heavy atom. The van der Waals surface area contributed by atoms with Crippen molar-refractivity contribution >= 4 is 12.4 Å². The molecule has 0 aromatic heterocycles. The Labute approximate surface area is 99.8 Å². The van der Waals surface area contributed by atoms with E-state index in [4.69, 9.17) is 0 Å². The second kappa shape index (κ2) is 4.25. The van der Waals surface area contributed by atoms with Crippen LogP contribution in [0.2, 0.25) is 0 Å². The van der Waals surface area contributed by atoms with Crippen LogP contribution in [0.15, 0.2) is 0 Å². The second-order valence-electron chi connectivity index (χ2n) is 6.20. The van der Waals surface area contributed by atoms with Gasteiger partial charge in [0.1, 0.15) is 0 Å². The van der Waals surface area contributed by atoms with Crippen LogP contribution in [-0.2, 0) is 0 Å². The molecule has 4 rings (SSSR count). The molecule has 4 aliphatic carbocycles. The summed E-state index contributed by atoms with van der Waals surface area (Å²) in [5.74, 6) is 3.33. The molecule has 0 heterocycles. The normalized spacial score (nSPS) is 46.6. The van der Waals surface area contributed by atoms with Gasteiger partial charge in [-0.2, -0.15) is 0 Å². The third kappa shape index (κ3) is 2.06. The van der Waals surface area contributed by atoms with Gasteiger partial charge in [-0.15, -0.1) is 12.4 Å². The summed E-state index contributed by atoms with van der Waals surface area (Å²) in [7, 11) is 0. The van der Waals surface area contributed by atoms with Crippen molar-refractivity contribution < 1.29 is 0 Å². The van der Waals surface area contributed by atoms with Gasteiger partial charge in [-0.25, -0.2) is 0 Å². The maximum atomic E-state index is 3.61. The predicted octanol–water partition coefficient (Wildman–Crippen LogP) is 3.23. The van der Waals surface area contributed by atoms with E-state index in [2.05, 4.69) is 12.2 Å². The molecule has 4 fully saturated rings. The molecular weight excluding hydrogens is 206 g/mol. The van der Waals surface area contributed by atoms with Gasteiger partial charge in [-0.3, -0.25) is 0 Å². The van der Waals surface area contributed by atoms with Crippen molar-refractivity contribution in [2.75, 3.05) is 13.1 Å². The molecule has 1 N–H and O–H groups in total. The SMILES string of the molecule is CCNCC12CC3CC(CC(C3)C1)C2.Cl. The summed E-state index contributed by atoms with van der Waals surface area (Å²) in [6, 6.07) is 0. The van der Waals surface area contributed by atoms with Crippen molar-refractivity contribution in [1.29, 1.82) is 0 Å². The van der Waals surface area contributed by atoms with E-state index in [0.717, 1.165) is 29.7 Å². The first-order chi connectivity index (χ1) is 6.80. The average Bonchev–Trinajstić information content (AvgIpc) is 2.12. The molecule has 0 aromatic rings. The maximum absolute atomic E-state index is 3.61. The van der Waals surface area contributed by atoms with Gasteiger partial charge < -0.3 is 5.32 Å². The van der Waals surface area contributed by atoms with Crippen molar-refractivity contribution in [3.05, 3.63) is 0 Å². The Morgan fingerprint density at radius 2 is 1.47 bits per heavy atom. The van der Waals surface area contributed by atoms with Crippen LogP contribution in [0.3, 0.4) is 0 Å². The molecule has 0 spiro atoms. The van der Waals surface area contributed by atoms with Crippen LogP contribution in [0.5, 0.6) is 0 Å². The highest BCUT2D eigenvalue weighted by molar-refractivity contribution is 5.85. The van der Waals surface area contributed by atoms with Gasteiger partial charge in [0.15, 0.2) is 0 Å². The minimum absolute atomic E-state index is 0. The molecule has 0 aromatic carbocycles. The smallest absolute Gasteiger partial charge is 0.000800 e. The third-order valence-electron chi connectivity index (χ3n) is 4.92. The zero-order valence-corrected chi connectivity index (χ0v) is 10.6. The largest absolute Gasteiger partial charge is 0.316 e. The van der Waals surface area contributed by atoms with E-state index in [1.54, 1.807) is 38.5 Å². The standard InChI is InChI=1S/C13H23N.ClH/c1-2-14-9-13-6-10-3-11(7-13)5-12(4-10)8-13;/h10-12,14H,2-9H2,1H3;1H. The molecule has 4 saturated carbocycles. The average molecular weight is 230 g/mol. The van der Waals surface area contributed by atoms with Crippen molar-refractivity contribution in [3.63, 3.8) is 0 Å². The lowest BCUT2D eigenvalue weighted by atomic mass is 9.49. The minimum atomic E-state index is 0. The molecule has 0 amide bonds. The summed E-state index contributed by atoms with van der Waals surface area (Å²) in [5.41, 5.74) is 0.741. The lowest BCUT2D eigenvalue weighted by Gasteiger charge is -2.57. The van der Waals surface area contributed by atoms with Crippen LogP contribution < -0.4 is 5.32 Å². The first-order valence-electron chi connectivity index (χ1n) is 6.50. The highest BCUT2D eigenvalue weighted by Crippen LogP contribution is 2.59. The highest BCUT2D eigenvalue weighted by Gasteiger charge is 2.50. The van der Waals surface area contributed by atoms with Crippen LogP contribution in [0.25, 0.3) is 0 Å². The molecule has 0 atom stereocenters. The summed E-state index contributed by atoms with van der Waals surface area (Å²) in [6.45, 7) is 4.70. The van der Waals surface area contributed by atoms with E-state index >= 15 is 0 Å². The molecule has 15 heavy (non-hydrogen) atoms. The molecule has 0 saturated heterocycles. The minimum Gasteiger partial charge on any atom is -0.316 e. The molecule has 4 bridgehead atoms. The summed E-state index contributed by atoms with van der Waals surface area (Å²) in [6.07, 6.45) is 9.37. The fraction of sp³-hybridized carbons (Fsp3) is 1.00. The lowest BCUT2D eigenvalue weighted by Crippen LogP contribution is -2.50. The first-order valence-corrected chi connectivity index (χ1v) is 6.50. The quantitative estimate of drug-likeness (QED) is 0.784. The molecule has 4 aliphatic rings. The Balaban J connectivity index is 0.000000853. The molecule has 2 heteroatoms. The van der Waals surface area contributed by atoms with Crippen LogP contribution in [0.1, 0.15) is 45.4 Å². The zero-order chi connectivity index (χ0) is 9.60. The number of hydrogen-bond acceptors (Lipinski definition) is 1. The molecule has 0 aliphatic heterocycles. The Morgan fingerprint density at radius 1 is 1.00 bits per heavy atom. The van der Waals surface area contributed by atoms with Crippen LogP contribution in [0, 0.1) is 23.2 Å². The van der Waals surface area contributed by atoms with Gasteiger partial charge in [-0.05, 0) is 68.2 Å². The predicted molar refractivity (Wildman–Crippen MR) is 66.4 cm³/mol. The molecule has 0 unspecified atom stereocenters. The van der Waals surface area contributed by atoms with Gasteiger partial charge in [0, 0.05) is 6.54 Å². The van der Waals surface area contributed by atoms with E-state index in [-0.39, 0.29) is 12.4 Å². The van der Waals surface area contributed by atoms with Crippen LogP contribution in [0.4, 0.5) is 0 Å². The van der Waals surface area contributed by atoms with Gasteiger partial charge in [0.25, 0.3) is 0 Å². The zero-order valence-electron chi connectivity index (χ0n) is 9.80. The summed E-state index contributed by atoms with van der Waals surface area (Å²) < 4.78 is 0. The van der Waals surface area contributed by atoms with Crippen molar-refractivity contribution in [3.8, 4) is 0 Å². The molecular formula is C13H24ClN. The van der Waals surface area contributed by atoms with E-state index in [1.165, 1.54) is 6.54 Å². The molecule has 0 radical (unpaired) electrons. The third-order valence-corrected chi connectivity index (χ3v) is 4.92. The first kappa shape index (κ1) is 11.7. The summed E-state index contributed by atoms with van der Waals surface area (Å²) in [5, 5.41) is 3.61. The van der Waals surface area contributed by atoms with Crippen LogP contribution in [-0.4, -0.2) is 13.1 Å². The highest BCUT2D eigenvalue weighted by atomic mass is 35.5. The van der Waals surface area contributed by atoms with Crippen molar-refractivity contribution in [1.82, 2.24) is 5.32 Å². The number of halogens is 1. The number of hydrogen-bond donors (Lipinski definition) is 1. The monoisotopic (exact) mass is 229 g/mol. The summed E-state index contributed by atoms with van der Waals surface area (Å²) >= 11 is 0. The second-order valence-corrected chi connectivity index (χ2v) is 6.20. The fourth-order valence-electron chi connectivity index (χ4n) is 4.90. The van der Waals surface area contributed by atoms with E-state index in [0.29, 0.717) is 0 Å². The van der Waals surface area contributed by atoms with Gasteiger partial charge in [-0.1, -0.05) is 6.92 Å². The van der Waals surface area contributed by atoms with Gasteiger partial charge in [0.05, 0.1) is 0 Å². The van der Waals surface area contributed by atoms with Crippen molar-refractivity contribution in [2.45, 2.75) is 45.4 Å². The van der Waals surface area contributed by atoms with Crippen LogP contribution >= 0.6 is 12.4 Å². The van der Waals surface area contributed by atoms with Gasteiger partial charge in [0.2, 0.25) is 0 Å². The molecule has 88 valence electrons. The Kier molecular flexibility index (Phi) is 3.33. The Bertz CT molecular complexity index is 191. The summed E-state index contributed by atoms with van der Waals surface area (Å²) in [4.78, 5) is 0. The van der Waals surface area contributed by atoms with Crippen molar-refractivity contribution in [2.24, 2.45) is 23.2 Å². The van der Waals surface area contributed by atoms with E-state index in [1.807, 2.05) is 0 Å². The van der Waals surface area contributed by atoms with E-state index < -0.39 is 0 Å². The lowest BCUT2D eigenvalue weighted by molar-refractivity contribution is -0.0510. The van der Waals surface area contributed by atoms with Gasteiger partial charge >= 0.3 is 0 Å². The fourth-order valence-corrected chi connectivity index (χ4v) is 4.90. The number of nitrogens with one attached hydrogen (secondary N) is 1. The molecule has 1 nitrogen and oxygen atoms in total. The van der Waals surface area contributed by atoms with E-state index in [9.17, 15) is 0 Å². The Hall–Kier alpha value is 0.250. The number of rotatable bonds is 3.